The van der Waals surface area contributed by atoms with Gasteiger partial charge in [-0.2, -0.15) is 0 Å². The lowest BCUT2D eigenvalue weighted by atomic mass is 9.77. The Bertz CT molecular complexity index is 419. The van der Waals surface area contributed by atoms with Gasteiger partial charge in [-0.15, -0.1) is 0 Å². The van der Waals surface area contributed by atoms with E-state index in [0.717, 1.165) is 29.9 Å². The topological polar surface area (TPSA) is 40.5 Å². The second kappa shape index (κ2) is 4.25. The molecule has 92 valence electrons. The normalized spacial score (nSPS) is 24.8. The molecule has 0 aromatic heterocycles. The third kappa shape index (κ3) is 1.90. The summed E-state index contributed by atoms with van der Waals surface area (Å²) in [6.45, 7) is 0. The summed E-state index contributed by atoms with van der Waals surface area (Å²) >= 11 is 0. The number of fused-ring (bicyclic) bond motifs is 1. The molecule has 1 aromatic carbocycles. The Labute approximate surface area is 102 Å². The SMILES string of the molecule is Oc1cc(O)c2c(c1)CCC2C1CCCCC1. The number of benzene rings is 1. The highest BCUT2D eigenvalue weighted by Crippen LogP contribution is 2.48. The van der Waals surface area contributed by atoms with E-state index in [9.17, 15) is 10.2 Å². The van der Waals surface area contributed by atoms with Gasteiger partial charge in [-0.05, 0) is 49.1 Å². The van der Waals surface area contributed by atoms with Crippen LogP contribution in [-0.4, -0.2) is 10.2 Å². The third-order valence-corrected chi connectivity index (χ3v) is 4.54. The molecule has 0 bridgehead atoms. The van der Waals surface area contributed by atoms with Gasteiger partial charge in [0.2, 0.25) is 0 Å². The summed E-state index contributed by atoms with van der Waals surface area (Å²) in [6, 6.07) is 3.33. The van der Waals surface area contributed by atoms with Crippen LogP contribution < -0.4 is 0 Å². The summed E-state index contributed by atoms with van der Waals surface area (Å²) in [5.41, 5.74) is 2.30. The van der Waals surface area contributed by atoms with Crippen molar-refractivity contribution in [1.29, 1.82) is 0 Å². The zero-order chi connectivity index (χ0) is 11.8. The monoisotopic (exact) mass is 232 g/mol. The Hall–Kier alpha value is -1.18. The Kier molecular flexibility index (Phi) is 2.73. The molecule has 2 nitrogen and oxygen atoms in total. The molecule has 0 radical (unpaired) electrons. The summed E-state index contributed by atoms with van der Waals surface area (Å²) in [6.07, 6.45) is 8.84. The van der Waals surface area contributed by atoms with Crippen LogP contribution in [0.5, 0.6) is 11.5 Å². The predicted molar refractivity (Wildman–Crippen MR) is 67.4 cm³/mol. The summed E-state index contributed by atoms with van der Waals surface area (Å²) < 4.78 is 0. The van der Waals surface area contributed by atoms with E-state index in [1.807, 2.05) is 6.07 Å². The molecular formula is C15H20O2. The van der Waals surface area contributed by atoms with Crippen LogP contribution in [0.3, 0.4) is 0 Å². The van der Waals surface area contributed by atoms with Crippen molar-refractivity contribution in [3.8, 4) is 11.5 Å². The quantitative estimate of drug-likeness (QED) is 0.775. The number of rotatable bonds is 1. The van der Waals surface area contributed by atoms with Crippen molar-refractivity contribution >= 4 is 0 Å². The van der Waals surface area contributed by atoms with E-state index in [-0.39, 0.29) is 5.75 Å². The molecular weight excluding hydrogens is 212 g/mol. The molecule has 0 heterocycles. The van der Waals surface area contributed by atoms with E-state index >= 15 is 0 Å². The predicted octanol–water partition coefficient (Wildman–Crippen LogP) is 3.71. The largest absolute Gasteiger partial charge is 0.508 e. The molecule has 2 aliphatic rings. The number of phenols is 2. The van der Waals surface area contributed by atoms with Crippen molar-refractivity contribution in [2.45, 2.75) is 50.9 Å². The summed E-state index contributed by atoms with van der Waals surface area (Å²) in [7, 11) is 0. The standard InChI is InChI=1S/C15H20O2/c16-12-8-11-6-7-13(15(11)14(17)9-12)10-4-2-1-3-5-10/h8-10,13,16-17H,1-7H2. The van der Waals surface area contributed by atoms with Gasteiger partial charge in [0.15, 0.2) is 0 Å². The van der Waals surface area contributed by atoms with Crippen molar-refractivity contribution in [2.75, 3.05) is 0 Å². The molecule has 1 fully saturated rings. The second-order valence-electron chi connectivity index (χ2n) is 5.58. The summed E-state index contributed by atoms with van der Waals surface area (Å²) in [4.78, 5) is 0. The fraction of sp³-hybridized carbons (Fsp3) is 0.600. The van der Waals surface area contributed by atoms with Crippen LogP contribution in [0.15, 0.2) is 12.1 Å². The summed E-state index contributed by atoms with van der Waals surface area (Å²) in [5, 5.41) is 19.6. The van der Waals surface area contributed by atoms with Crippen molar-refractivity contribution < 1.29 is 10.2 Å². The molecule has 1 aromatic rings. The lowest BCUT2D eigenvalue weighted by Crippen LogP contribution is -2.14. The van der Waals surface area contributed by atoms with E-state index in [0.29, 0.717) is 11.7 Å². The lowest BCUT2D eigenvalue weighted by Gasteiger charge is -2.28. The van der Waals surface area contributed by atoms with Gasteiger partial charge >= 0.3 is 0 Å². The van der Waals surface area contributed by atoms with Crippen molar-refractivity contribution in [3.63, 3.8) is 0 Å². The van der Waals surface area contributed by atoms with E-state index in [1.54, 1.807) is 0 Å². The lowest BCUT2D eigenvalue weighted by molar-refractivity contribution is 0.299. The maximum Gasteiger partial charge on any atom is 0.123 e. The zero-order valence-corrected chi connectivity index (χ0v) is 10.2. The van der Waals surface area contributed by atoms with Gasteiger partial charge in [0.1, 0.15) is 11.5 Å². The maximum absolute atomic E-state index is 10.1. The average molecular weight is 232 g/mol. The van der Waals surface area contributed by atoms with Gasteiger partial charge in [-0.25, -0.2) is 0 Å². The molecule has 17 heavy (non-hydrogen) atoms. The van der Waals surface area contributed by atoms with Crippen LogP contribution in [0.25, 0.3) is 0 Å². The first kappa shape index (κ1) is 10.9. The number of hydrogen-bond acceptors (Lipinski definition) is 2. The highest BCUT2D eigenvalue weighted by molar-refractivity contribution is 5.50. The Morgan fingerprint density at radius 3 is 2.47 bits per heavy atom. The highest BCUT2D eigenvalue weighted by Gasteiger charge is 2.33. The molecule has 1 atom stereocenters. The molecule has 0 spiro atoms. The van der Waals surface area contributed by atoms with E-state index in [2.05, 4.69) is 0 Å². The van der Waals surface area contributed by atoms with Crippen molar-refractivity contribution in [1.82, 2.24) is 0 Å². The van der Waals surface area contributed by atoms with Crippen LogP contribution in [-0.2, 0) is 6.42 Å². The number of hydrogen-bond donors (Lipinski definition) is 2. The van der Waals surface area contributed by atoms with Crippen LogP contribution in [0.1, 0.15) is 55.6 Å². The summed E-state index contributed by atoms with van der Waals surface area (Å²) in [5.74, 6) is 1.80. The Balaban J connectivity index is 1.92. The van der Waals surface area contributed by atoms with Crippen LogP contribution in [0, 0.1) is 5.92 Å². The van der Waals surface area contributed by atoms with Crippen molar-refractivity contribution in [2.24, 2.45) is 5.92 Å². The molecule has 1 unspecified atom stereocenters. The molecule has 0 aliphatic heterocycles. The molecule has 0 amide bonds. The van der Waals surface area contributed by atoms with Gasteiger partial charge in [0, 0.05) is 11.6 Å². The first-order valence-corrected chi connectivity index (χ1v) is 6.80. The maximum atomic E-state index is 10.1. The van der Waals surface area contributed by atoms with Crippen LogP contribution in [0.4, 0.5) is 0 Å². The molecule has 3 rings (SSSR count). The smallest absolute Gasteiger partial charge is 0.123 e. The molecule has 2 N–H and O–H groups in total. The minimum Gasteiger partial charge on any atom is -0.508 e. The fourth-order valence-electron chi connectivity index (χ4n) is 3.78. The minimum atomic E-state index is 0.200. The Morgan fingerprint density at radius 1 is 0.941 bits per heavy atom. The van der Waals surface area contributed by atoms with Gasteiger partial charge in [0.25, 0.3) is 0 Å². The van der Waals surface area contributed by atoms with E-state index in [4.69, 9.17) is 0 Å². The average Bonchev–Trinajstić information content (AvgIpc) is 2.74. The van der Waals surface area contributed by atoms with Crippen LogP contribution in [0.2, 0.25) is 0 Å². The highest BCUT2D eigenvalue weighted by atomic mass is 16.3. The zero-order valence-electron chi connectivity index (χ0n) is 10.2. The van der Waals surface area contributed by atoms with E-state index < -0.39 is 0 Å². The first-order chi connectivity index (χ1) is 8.25. The number of aromatic hydroxyl groups is 2. The van der Waals surface area contributed by atoms with E-state index in [1.165, 1.54) is 38.2 Å². The molecule has 2 heteroatoms. The molecule has 1 saturated carbocycles. The van der Waals surface area contributed by atoms with Crippen LogP contribution >= 0.6 is 0 Å². The van der Waals surface area contributed by atoms with Crippen molar-refractivity contribution in [3.05, 3.63) is 23.3 Å². The van der Waals surface area contributed by atoms with Gasteiger partial charge < -0.3 is 10.2 Å². The van der Waals surface area contributed by atoms with Gasteiger partial charge in [0.05, 0.1) is 0 Å². The third-order valence-electron chi connectivity index (χ3n) is 4.54. The minimum absolute atomic E-state index is 0.200. The Morgan fingerprint density at radius 2 is 1.71 bits per heavy atom. The second-order valence-corrected chi connectivity index (χ2v) is 5.58. The number of aryl methyl sites for hydroxylation is 1. The van der Waals surface area contributed by atoms with Gasteiger partial charge in [-0.1, -0.05) is 19.3 Å². The first-order valence-electron chi connectivity index (χ1n) is 6.80. The fourth-order valence-corrected chi connectivity index (χ4v) is 3.78. The van der Waals surface area contributed by atoms with Gasteiger partial charge in [-0.3, -0.25) is 0 Å². The molecule has 2 aliphatic carbocycles. The number of phenolic OH excluding ortho intramolecular Hbond substituents is 2. The molecule has 0 saturated heterocycles.